The van der Waals surface area contributed by atoms with E-state index in [0.29, 0.717) is 6.54 Å². The number of imidazole rings is 1. The van der Waals surface area contributed by atoms with E-state index < -0.39 is 0 Å². The Hall–Kier alpha value is -2.95. The number of benzene rings is 2. The minimum absolute atomic E-state index is 0.691. The van der Waals surface area contributed by atoms with Crippen molar-refractivity contribution in [3.8, 4) is 22.9 Å². The molecule has 2 aromatic carbocycles. The molecule has 1 heterocycles. The first-order valence-corrected chi connectivity index (χ1v) is 7.30. The second kappa shape index (κ2) is 6.44. The summed E-state index contributed by atoms with van der Waals surface area (Å²) in [4.78, 5) is 4.50. The summed E-state index contributed by atoms with van der Waals surface area (Å²) in [5.74, 6) is 2.26. The fourth-order valence-electron chi connectivity index (χ4n) is 2.56. The molecule has 0 fully saturated rings. The fraction of sp³-hybridized carbons (Fsp3) is 0.167. The third-order valence-electron chi connectivity index (χ3n) is 3.70. The molecule has 3 aromatic rings. The maximum absolute atomic E-state index is 5.74. The van der Waals surface area contributed by atoms with Gasteiger partial charge in [-0.05, 0) is 29.8 Å². The Morgan fingerprint density at radius 2 is 1.65 bits per heavy atom. The predicted octanol–water partition coefficient (Wildman–Crippen LogP) is 3.20. The molecule has 0 aliphatic carbocycles. The third-order valence-corrected chi connectivity index (χ3v) is 3.70. The zero-order valence-corrected chi connectivity index (χ0v) is 13.2. The lowest BCUT2D eigenvalue weighted by Crippen LogP contribution is -2.03. The van der Waals surface area contributed by atoms with E-state index in [1.54, 1.807) is 20.4 Å². The number of rotatable bonds is 5. The van der Waals surface area contributed by atoms with Crippen LogP contribution in [0.25, 0.3) is 11.4 Å². The van der Waals surface area contributed by atoms with Crippen molar-refractivity contribution in [2.45, 2.75) is 6.54 Å². The Morgan fingerprint density at radius 1 is 1.00 bits per heavy atom. The average Bonchev–Trinajstić information content (AvgIpc) is 3.03. The van der Waals surface area contributed by atoms with Crippen molar-refractivity contribution in [3.05, 3.63) is 60.4 Å². The molecule has 0 unspecified atom stereocenters. The number of nitrogen functional groups attached to an aromatic ring is 1. The molecule has 2 N–H and O–H groups in total. The van der Waals surface area contributed by atoms with Gasteiger partial charge >= 0.3 is 0 Å². The van der Waals surface area contributed by atoms with E-state index >= 15 is 0 Å². The quantitative estimate of drug-likeness (QED) is 0.735. The van der Waals surface area contributed by atoms with Crippen LogP contribution >= 0.6 is 0 Å². The highest BCUT2D eigenvalue weighted by molar-refractivity contribution is 5.72. The number of nitrogens with two attached hydrogens (primary N) is 1. The second-order valence-electron chi connectivity index (χ2n) is 5.16. The Labute approximate surface area is 135 Å². The van der Waals surface area contributed by atoms with Crippen LogP contribution in [0.2, 0.25) is 0 Å². The Morgan fingerprint density at radius 3 is 2.26 bits per heavy atom. The van der Waals surface area contributed by atoms with Gasteiger partial charge in [0.2, 0.25) is 0 Å². The second-order valence-corrected chi connectivity index (χ2v) is 5.16. The average molecular weight is 309 g/mol. The summed E-state index contributed by atoms with van der Waals surface area (Å²) < 4.78 is 13.0. The molecule has 0 aliphatic heterocycles. The van der Waals surface area contributed by atoms with Gasteiger partial charge in [-0.3, -0.25) is 0 Å². The summed E-state index contributed by atoms with van der Waals surface area (Å²) in [7, 11) is 3.29. The zero-order chi connectivity index (χ0) is 16.2. The zero-order valence-electron chi connectivity index (χ0n) is 13.2. The molecule has 0 aliphatic rings. The highest BCUT2D eigenvalue weighted by atomic mass is 16.5. The number of ether oxygens (including phenoxy) is 2. The van der Waals surface area contributed by atoms with E-state index in [-0.39, 0.29) is 0 Å². The largest absolute Gasteiger partial charge is 0.496 e. The van der Waals surface area contributed by atoms with Crippen molar-refractivity contribution in [2.24, 2.45) is 0 Å². The van der Waals surface area contributed by atoms with Crippen molar-refractivity contribution < 1.29 is 9.47 Å². The van der Waals surface area contributed by atoms with Crippen LogP contribution in [0.5, 0.6) is 11.5 Å². The Balaban J connectivity index is 2.03. The SMILES string of the molecule is COc1cccc(OC)c1-c1nccn1Cc1ccc(N)cc1. The number of methoxy groups -OCH3 is 2. The number of nitrogens with zero attached hydrogens (tertiary/aromatic N) is 2. The van der Waals surface area contributed by atoms with Crippen molar-refractivity contribution in [1.82, 2.24) is 9.55 Å². The van der Waals surface area contributed by atoms with Gasteiger partial charge in [0.15, 0.2) is 0 Å². The topological polar surface area (TPSA) is 62.3 Å². The molecule has 5 nitrogen and oxygen atoms in total. The molecule has 0 amide bonds. The van der Waals surface area contributed by atoms with E-state index in [1.165, 1.54) is 0 Å². The standard InChI is InChI=1S/C18H19N3O2/c1-22-15-4-3-5-16(23-2)17(15)18-20-10-11-21(18)12-13-6-8-14(19)9-7-13/h3-11H,12,19H2,1-2H3. The summed E-state index contributed by atoms with van der Waals surface area (Å²) in [6.07, 6.45) is 3.72. The van der Waals surface area contributed by atoms with Crippen molar-refractivity contribution in [1.29, 1.82) is 0 Å². The molecular formula is C18H19N3O2. The highest BCUT2D eigenvalue weighted by Crippen LogP contribution is 2.37. The fourth-order valence-corrected chi connectivity index (χ4v) is 2.56. The molecule has 5 heteroatoms. The van der Waals surface area contributed by atoms with Crippen LogP contribution in [-0.4, -0.2) is 23.8 Å². The minimum Gasteiger partial charge on any atom is -0.496 e. The first kappa shape index (κ1) is 15.0. The monoisotopic (exact) mass is 309 g/mol. The number of aromatic nitrogens is 2. The number of hydrogen-bond donors (Lipinski definition) is 1. The molecule has 0 saturated carbocycles. The number of anilines is 1. The first-order valence-electron chi connectivity index (χ1n) is 7.30. The van der Waals surface area contributed by atoms with Crippen LogP contribution in [0.15, 0.2) is 54.9 Å². The maximum Gasteiger partial charge on any atom is 0.147 e. The Kier molecular flexibility index (Phi) is 4.19. The first-order chi connectivity index (χ1) is 11.2. The van der Waals surface area contributed by atoms with Crippen LogP contribution in [0, 0.1) is 0 Å². The van der Waals surface area contributed by atoms with Crippen LogP contribution in [0.4, 0.5) is 5.69 Å². The predicted molar refractivity (Wildman–Crippen MR) is 90.7 cm³/mol. The van der Waals surface area contributed by atoms with Gasteiger partial charge < -0.3 is 19.8 Å². The highest BCUT2D eigenvalue weighted by Gasteiger charge is 2.17. The van der Waals surface area contributed by atoms with Crippen LogP contribution < -0.4 is 15.2 Å². The number of hydrogen-bond acceptors (Lipinski definition) is 4. The van der Waals surface area contributed by atoms with Gasteiger partial charge in [0.05, 0.1) is 14.2 Å². The van der Waals surface area contributed by atoms with E-state index in [0.717, 1.165) is 34.1 Å². The van der Waals surface area contributed by atoms with Gasteiger partial charge in [-0.2, -0.15) is 0 Å². The lowest BCUT2D eigenvalue weighted by atomic mass is 10.1. The molecule has 0 atom stereocenters. The molecule has 3 rings (SSSR count). The summed E-state index contributed by atoms with van der Waals surface area (Å²) in [6, 6.07) is 13.5. The van der Waals surface area contributed by atoms with Crippen molar-refractivity contribution in [2.75, 3.05) is 20.0 Å². The molecule has 0 spiro atoms. The summed E-state index contributed by atoms with van der Waals surface area (Å²) in [5.41, 5.74) is 8.49. The molecule has 118 valence electrons. The lowest BCUT2D eigenvalue weighted by molar-refractivity contribution is 0.396. The molecule has 0 saturated heterocycles. The maximum atomic E-state index is 5.74. The normalized spacial score (nSPS) is 10.5. The summed E-state index contributed by atoms with van der Waals surface area (Å²) in [6.45, 7) is 0.691. The van der Waals surface area contributed by atoms with Crippen LogP contribution in [0.1, 0.15) is 5.56 Å². The van der Waals surface area contributed by atoms with Gasteiger partial charge in [-0.25, -0.2) is 4.98 Å². The van der Waals surface area contributed by atoms with Crippen LogP contribution in [0.3, 0.4) is 0 Å². The summed E-state index contributed by atoms with van der Waals surface area (Å²) in [5, 5.41) is 0. The van der Waals surface area contributed by atoms with Gasteiger partial charge in [-0.15, -0.1) is 0 Å². The molecule has 0 bridgehead atoms. The van der Waals surface area contributed by atoms with E-state index in [2.05, 4.69) is 9.55 Å². The van der Waals surface area contributed by atoms with E-state index in [9.17, 15) is 0 Å². The van der Waals surface area contributed by atoms with Crippen molar-refractivity contribution in [3.63, 3.8) is 0 Å². The van der Waals surface area contributed by atoms with E-state index in [1.807, 2.05) is 48.7 Å². The molecule has 0 radical (unpaired) electrons. The van der Waals surface area contributed by atoms with E-state index in [4.69, 9.17) is 15.2 Å². The Bertz CT molecular complexity index is 772. The van der Waals surface area contributed by atoms with Gasteiger partial charge in [0.25, 0.3) is 0 Å². The summed E-state index contributed by atoms with van der Waals surface area (Å²) >= 11 is 0. The van der Waals surface area contributed by atoms with Crippen molar-refractivity contribution >= 4 is 5.69 Å². The van der Waals surface area contributed by atoms with Gasteiger partial charge in [0.1, 0.15) is 22.9 Å². The minimum atomic E-state index is 0.691. The van der Waals surface area contributed by atoms with Gasteiger partial charge in [-0.1, -0.05) is 18.2 Å². The third kappa shape index (κ3) is 2.99. The smallest absolute Gasteiger partial charge is 0.147 e. The molecule has 1 aromatic heterocycles. The van der Waals surface area contributed by atoms with Gasteiger partial charge in [0, 0.05) is 24.6 Å². The lowest BCUT2D eigenvalue weighted by Gasteiger charge is -2.14. The van der Waals surface area contributed by atoms with Crippen LogP contribution in [-0.2, 0) is 6.54 Å². The molecule has 23 heavy (non-hydrogen) atoms. The molecular weight excluding hydrogens is 290 g/mol.